The number of nitrogens with one attached hydrogen (secondary N) is 2. The lowest BCUT2D eigenvalue weighted by Crippen LogP contribution is -2.52. The molecule has 218 valence electrons. The van der Waals surface area contributed by atoms with Gasteiger partial charge in [0.1, 0.15) is 23.3 Å². The highest BCUT2D eigenvalue weighted by Crippen LogP contribution is 2.27. The molecule has 1 aliphatic rings. The van der Waals surface area contributed by atoms with Crippen molar-refractivity contribution in [1.29, 1.82) is 0 Å². The van der Waals surface area contributed by atoms with E-state index in [1.54, 1.807) is 25.0 Å². The fraction of sp³-hybridized carbons (Fsp3) is 0.424. The number of rotatable bonds is 9. The van der Waals surface area contributed by atoms with Crippen molar-refractivity contribution in [1.82, 2.24) is 15.5 Å². The summed E-state index contributed by atoms with van der Waals surface area (Å²) >= 11 is 0. The number of methoxy groups -OCH3 is 1. The summed E-state index contributed by atoms with van der Waals surface area (Å²) in [5.74, 6) is 1.34. The van der Waals surface area contributed by atoms with E-state index in [1.807, 2.05) is 75.4 Å². The van der Waals surface area contributed by atoms with Crippen LogP contribution in [0.25, 0.3) is 0 Å². The standard InChI is InChI=1S/C33H41N3O5/c1-22-27(20-29(41-22)33(2,3)4)31(38)35-28(19-23-10-7-6-8-11-23)32(39)36-16-14-25(15-17-36)30(37)34-21-24-12-9-13-26(18-24)40-5/h6-13,18,20,25,28H,14-17,19,21H2,1-5H3,(H,34,37)(H,35,38)/t28-/m1/s1. The van der Waals surface area contributed by atoms with Crippen LogP contribution >= 0.6 is 0 Å². The molecule has 0 unspecified atom stereocenters. The molecule has 1 aliphatic heterocycles. The van der Waals surface area contributed by atoms with Gasteiger partial charge in [-0.1, -0.05) is 63.2 Å². The molecule has 41 heavy (non-hydrogen) atoms. The van der Waals surface area contributed by atoms with Crippen LogP contribution in [-0.2, 0) is 28.0 Å². The monoisotopic (exact) mass is 559 g/mol. The van der Waals surface area contributed by atoms with Crippen LogP contribution < -0.4 is 15.4 Å². The fourth-order valence-corrected chi connectivity index (χ4v) is 5.06. The zero-order valence-electron chi connectivity index (χ0n) is 24.7. The Labute approximate surface area is 242 Å². The predicted octanol–water partition coefficient (Wildman–Crippen LogP) is 4.79. The first kappa shape index (κ1) is 29.9. The Kier molecular flexibility index (Phi) is 9.53. The van der Waals surface area contributed by atoms with E-state index < -0.39 is 6.04 Å². The molecule has 1 fully saturated rings. The molecule has 1 saturated heterocycles. The number of likely N-dealkylation sites (tertiary alicyclic amines) is 1. The zero-order valence-corrected chi connectivity index (χ0v) is 24.7. The summed E-state index contributed by atoms with van der Waals surface area (Å²) in [7, 11) is 1.62. The Morgan fingerprint density at radius 2 is 1.68 bits per heavy atom. The third-order valence-corrected chi connectivity index (χ3v) is 7.57. The van der Waals surface area contributed by atoms with Gasteiger partial charge in [-0.25, -0.2) is 0 Å². The molecule has 2 heterocycles. The smallest absolute Gasteiger partial charge is 0.255 e. The summed E-state index contributed by atoms with van der Waals surface area (Å²) in [6, 6.07) is 18.3. The molecule has 3 amide bonds. The number of ether oxygens (including phenoxy) is 1. The minimum Gasteiger partial charge on any atom is -0.497 e. The highest BCUT2D eigenvalue weighted by molar-refractivity contribution is 5.98. The predicted molar refractivity (Wildman–Crippen MR) is 158 cm³/mol. The first-order chi connectivity index (χ1) is 19.5. The van der Waals surface area contributed by atoms with Crippen molar-refractivity contribution in [3.63, 3.8) is 0 Å². The van der Waals surface area contributed by atoms with Crippen LogP contribution in [-0.4, -0.2) is 48.9 Å². The van der Waals surface area contributed by atoms with Gasteiger partial charge in [-0.15, -0.1) is 0 Å². The topological polar surface area (TPSA) is 101 Å². The van der Waals surface area contributed by atoms with Crippen LogP contribution in [0.2, 0.25) is 0 Å². The van der Waals surface area contributed by atoms with E-state index in [1.165, 1.54) is 0 Å². The van der Waals surface area contributed by atoms with Gasteiger partial charge in [0.15, 0.2) is 0 Å². The molecule has 0 radical (unpaired) electrons. The second-order valence-electron chi connectivity index (χ2n) is 11.7. The molecule has 1 atom stereocenters. The van der Waals surface area contributed by atoms with Gasteiger partial charge in [0.2, 0.25) is 11.8 Å². The lowest BCUT2D eigenvalue weighted by atomic mass is 9.93. The number of benzene rings is 2. The van der Waals surface area contributed by atoms with Crippen molar-refractivity contribution in [3.8, 4) is 5.75 Å². The number of hydrogen-bond acceptors (Lipinski definition) is 5. The largest absolute Gasteiger partial charge is 0.497 e. The minimum atomic E-state index is -0.740. The van der Waals surface area contributed by atoms with E-state index in [4.69, 9.17) is 9.15 Å². The van der Waals surface area contributed by atoms with Crippen molar-refractivity contribution in [2.75, 3.05) is 20.2 Å². The summed E-state index contributed by atoms with van der Waals surface area (Å²) in [6.45, 7) is 9.17. The number of hydrogen-bond donors (Lipinski definition) is 2. The second-order valence-corrected chi connectivity index (χ2v) is 11.7. The lowest BCUT2D eigenvalue weighted by molar-refractivity contribution is -0.137. The highest BCUT2D eigenvalue weighted by Gasteiger charge is 2.33. The zero-order chi connectivity index (χ0) is 29.6. The Bertz CT molecular complexity index is 1350. The number of nitrogens with zero attached hydrogens (tertiary/aromatic N) is 1. The molecule has 0 bridgehead atoms. The highest BCUT2D eigenvalue weighted by atomic mass is 16.5. The molecule has 0 spiro atoms. The van der Waals surface area contributed by atoms with Crippen LogP contribution in [0.3, 0.4) is 0 Å². The Morgan fingerprint density at radius 3 is 2.32 bits per heavy atom. The van der Waals surface area contributed by atoms with Gasteiger partial charge in [0, 0.05) is 37.4 Å². The van der Waals surface area contributed by atoms with Crippen molar-refractivity contribution in [2.45, 2.75) is 65.0 Å². The van der Waals surface area contributed by atoms with Crippen LogP contribution in [0.1, 0.15) is 66.6 Å². The van der Waals surface area contributed by atoms with Gasteiger partial charge in [-0.2, -0.15) is 0 Å². The maximum atomic E-state index is 13.7. The molecule has 8 heteroatoms. The fourth-order valence-electron chi connectivity index (χ4n) is 5.06. The molecular weight excluding hydrogens is 518 g/mol. The summed E-state index contributed by atoms with van der Waals surface area (Å²) in [6.07, 6.45) is 1.50. The van der Waals surface area contributed by atoms with E-state index in [0.717, 1.165) is 22.6 Å². The van der Waals surface area contributed by atoms with E-state index in [9.17, 15) is 14.4 Å². The Hall–Kier alpha value is -4.07. The molecule has 8 nitrogen and oxygen atoms in total. The van der Waals surface area contributed by atoms with E-state index in [2.05, 4.69) is 10.6 Å². The third-order valence-electron chi connectivity index (χ3n) is 7.57. The van der Waals surface area contributed by atoms with Crippen molar-refractivity contribution < 1.29 is 23.5 Å². The Balaban J connectivity index is 1.39. The van der Waals surface area contributed by atoms with Gasteiger partial charge < -0.3 is 24.7 Å². The Morgan fingerprint density at radius 1 is 1.00 bits per heavy atom. The first-order valence-electron chi connectivity index (χ1n) is 14.2. The maximum absolute atomic E-state index is 13.7. The third kappa shape index (κ3) is 7.78. The first-order valence-corrected chi connectivity index (χ1v) is 14.2. The van der Waals surface area contributed by atoms with Crippen LogP contribution in [0.5, 0.6) is 5.75 Å². The molecule has 1 aromatic heterocycles. The van der Waals surface area contributed by atoms with Crippen LogP contribution in [0.15, 0.2) is 65.1 Å². The van der Waals surface area contributed by atoms with E-state index in [0.29, 0.717) is 50.2 Å². The van der Waals surface area contributed by atoms with Gasteiger partial charge in [-0.3, -0.25) is 14.4 Å². The molecule has 2 N–H and O–H groups in total. The van der Waals surface area contributed by atoms with Crippen LogP contribution in [0.4, 0.5) is 0 Å². The van der Waals surface area contributed by atoms with Gasteiger partial charge in [0.25, 0.3) is 5.91 Å². The van der Waals surface area contributed by atoms with Crippen LogP contribution in [0, 0.1) is 12.8 Å². The molecule has 4 rings (SSSR count). The average Bonchev–Trinajstić information content (AvgIpc) is 3.38. The number of piperidine rings is 1. The number of furan rings is 1. The lowest BCUT2D eigenvalue weighted by Gasteiger charge is -2.34. The molecule has 0 aliphatic carbocycles. The average molecular weight is 560 g/mol. The van der Waals surface area contributed by atoms with Crippen molar-refractivity contribution in [3.05, 3.63) is 88.9 Å². The summed E-state index contributed by atoms with van der Waals surface area (Å²) < 4.78 is 11.1. The van der Waals surface area contributed by atoms with Gasteiger partial charge >= 0.3 is 0 Å². The number of aryl methyl sites for hydroxylation is 1. The summed E-state index contributed by atoms with van der Waals surface area (Å²) in [5, 5.41) is 6.00. The van der Waals surface area contributed by atoms with E-state index >= 15 is 0 Å². The molecule has 0 saturated carbocycles. The molecule has 3 aromatic rings. The van der Waals surface area contributed by atoms with Crippen molar-refractivity contribution >= 4 is 17.7 Å². The summed E-state index contributed by atoms with van der Waals surface area (Å²) in [4.78, 5) is 41.7. The number of carbonyl (C=O) groups is 3. The quantitative estimate of drug-likeness (QED) is 0.393. The summed E-state index contributed by atoms with van der Waals surface area (Å²) in [5.41, 5.74) is 2.12. The molecular formula is C33H41N3O5. The normalized spacial score (nSPS) is 14.8. The van der Waals surface area contributed by atoms with Gasteiger partial charge in [-0.05, 0) is 49.1 Å². The van der Waals surface area contributed by atoms with Gasteiger partial charge in [0.05, 0.1) is 12.7 Å². The van der Waals surface area contributed by atoms with Crippen molar-refractivity contribution in [2.24, 2.45) is 5.92 Å². The molecule has 2 aromatic carbocycles. The second kappa shape index (κ2) is 13.1. The number of carbonyl (C=O) groups excluding carboxylic acids is 3. The maximum Gasteiger partial charge on any atom is 0.255 e. The number of amides is 3. The minimum absolute atomic E-state index is 0.0147. The van der Waals surface area contributed by atoms with E-state index in [-0.39, 0.29) is 29.1 Å². The SMILES string of the molecule is COc1cccc(CNC(=O)C2CCN(C(=O)[C@@H](Cc3ccccc3)NC(=O)c3cc(C(C)(C)C)oc3C)CC2)c1.